The van der Waals surface area contributed by atoms with E-state index in [1.54, 1.807) is 19.2 Å². The van der Waals surface area contributed by atoms with Crippen LogP contribution in [0.2, 0.25) is 0 Å². The molecule has 0 aliphatic rings. The predicted octanol–water partition coefficient (Wildman–Crippen LogP) is 1.43. The van der Waals surface area contributed by atoms with Crippen LogP contribution >= 0.6 is 0 Å². The fourth-order valence-electron chi connectivity index (χ4n) is 2.73. The van der Waals surface area contributed by atoms with Crippen LogP contribution in [0.25, 0.3) is 0 Å². The number of hydrogen-bond donors (Lipinski definition) is 4. The summed E-state index contributed by atoms with van der Waals surface area (Å²) in [6.45, 7) is 1.47. The zero-order chi connectivity index (χ0) is 20.2. The monoisotopic (exact) mass is 386 g/mol. The van der Waals surface area contributed by atoms with Crippen molar-refractivity contribution in [2.24, 2.45) is 4.99 Å². The van der Waals surface area contributed by atoms with Crippen LogP contribution in [-0.4, -0.2) is 50.3 Å². The highest BCUT2D eigenvalue weighted by Gasteiger charge is 2.10. The van der Waals surface area contributed by atoms with Gasteiger partial charge >= 0.3 is 0 Å². The Morgan fingerprint density at radius 3 is 2.50 bits per heavy atom. The van der Waals surface area contributed by atoms with Crippen LogP contribution in [0.1, 0.15) is 17.0 Å². The molecule has 2 rings (SSSR count). The number of amides is 1. The molecule has 2 aromatic rings. The van der Waals surface area contributed by atoms with Crippen LogP contribution in [0.4, 0.5) is 4.39 Å². The van der Waals surface area contributed by atoms with Crippen molar-refractivity contribution in [3.8, 4) is 0 Å². The lowest BCUT2D eigenvalue weighted by Crippen LogP contribution is -2.43. The van der Waals surface area contributed by atoms with E-state index in [0.29, 0.717) is 31.2 Å². The molecule has 1 amide bonds. The molecule has 7 heteroatoms. The Morgan fingerprint density at radius 1 is 1.07 bits per heavy atom. The van der Waals surface area contributed by atoms with Crippen molar-refractivity contribution in [1.82, 2.24) is 16.0 Å². The van der Waals surface area contributed by atoms with Gasteiger partial charge in [0.05, 0.1) is 13.0 Å². The number of carbonyl (C=O) groups is 1. The summed E-state index contributed by atoms with van der Waals surface area (Å²) < 4.78 is 13.1. The topological polar surface area (TPSA) is 85.8 Å². The Kier molecular flexibility index (Phi) is 8.94. The number of aliphatic hydroxyl groups excluding tert-OH is 1. The van der Waals surface area contributed by atoms with Gasteiger partial charge in [0.15, 0.2) is 5.96 Å². The van der Waals surface area contributed by atoms with E-state index < -0.39 is 0 Å². The second kappa shape index (κ2) is 11.7. The van der Waals surface area contributed by atoms with E-state index >= 15 is 0 Å². The summed E-state index contributed by atoms with van der Waals surface area (Å²) in [4.78, 5) is 16.1. The van der Waals surface area contributed by atoms with Crippen molar-refractivity contribution >= 4 is 11.9 Å². The molecule has 0 heterocycles. The zero-order valence-corrected chi connectivity index (χ0v) is 16.0. The Balaban J connectivity index is 1.68. The van der Waals surface area contributed by atoms with Gasteiger partial charge in [-0.15, -0.1) is 0 Å². The van der Waals surface area contributed by atoms with E-state index in [9.17, 15) is 14.3 Å². The molecule has 4 N–H and O–H groups in total. The standard InChI is InChI=1S/C21H27FN4O2/c1-23-21(26-14-18(15-27)17-7-3-2-4-8-17)25-11-10-24-20(28)13-16-6-5-9-19(22)12-16/h2-9,12,18,27H,10-11,13-15H2,1H3,(H,24,28)(H2,23,25,26). The molecule has 0 spiro atoms. The first-order valence-corrected chi connectivity index (χ1v) is 9.24. The van der Waals surface area contributed by atoms with Gasteiger partial charge < -0.3 is 21.1 Å². The summed E-state index contributed by atoms with van der Waals surface area (Å²) in [5.41, 5.74) is 1.69. The van der Waals surface area contributed by atoms with Crippen LogP contribution in [0.5, 0.6) is 0 Å². The maximum absolute atomic E-state index is 13.1. The smallest absolute Gasteiger partial charge is 0.224 e. The van der Waals surface area contributed by atoms with Gasteiger partial charge in [-0.1, -0.05) is 42.5 Å². The number of benzene rings is 2. The molecule has 0 bridgehead atoms. The number of aliphatic imine (C=N–C) groups is 1. The number of carbonyl (C=O) groups excluding carboxylic acids is 1. The Labute approximate surface area is 164 Å². The first kappa shape index (κ1) is 21.4. The third-order valence-electron chi connectivity index (χ3n) is 4.22. The number of guanidine groups is 1. The summed E-state index contributed by atoms with van der Waals surface area (Å²) in [7, 11) is 1.66. The number of halogens is 1. The van der Waals surface area contributed by atoms with E-state index in [-0.39, 0.29) is 30.7 Å². The molecule has 0 aliphatic carbocycles. The van der Waals surface area contributed by atoms with Crippen molar-refractivity contribution in [2.75, 3.05) is 33.3 Å². The highest BCUT2D eigenvalue weighted by molar-refractivity contribution is 5.80. The quantitative estimate of drug-likeness (QED) is 0.298. The fourth-order valence-corrected chi connectivity index (χ4v) is 2.73. The Morgan fingerprint density at radius 2 is 1.82 bits per heavy atom. The number of nitrogens with zero attached hydrogens (tertiary/aromatic N) is 1. The molecule has 28 heavy (non-hydrogen) atoms. The zero-order valence-electron chi connectivity index (χ0n) is 16.0. The molecule has 1 atom stereocenters. The van der Waals surface area contributed by atoms with Gasteiger partial charge in [0.25, 0.3) is 0 Å². The SMILES string of the molecule is CN=C(NCCNC(=O)Cc1cccc(F)c1)NCC(CO)c1ccccc1. The minimum Gasteiger partial charge on any atom is -0.396 e. The van der Waals surface area contributed by atoms with E-state index in [0.717, 1.165) is 5.56 Å². The Hall–Kier alpha value is -2.93. The van der Waals surface area contributed by atoms with Gasteiger partial charge in [-0.05, 0) is 23.3 Å². The van der Waals surface area contributed by atoms with Crippen LogP contribution in [-0.2, 0) is 11.2 Å². The molecule has 0 saturated heterocycles. The molecule has 0 radical (unpaired) electrons. The lowest BCUT2D eigenvalue weighted by atomic mass is 10.0. The molecule has 0 aromatic heterocycles. The molecule has 1 unspecified atom stereocenters. The lowest BCUT2D eigenvalue weighted by molar-refractivity contribution is -0.120. The lowest BCUT2D eigenvalue weighted by Gasteiger charge is -2.18. The van der Waals surface area contributed by atoms with Crippen LogP contribution in [0, 0.1) is 5.82 Å². The summed E-state index contributed by atoms with van der Waals surface area (Å²) in [5.74, 6) is 0.0396. The maximum atomic E-state index is 13.1. The highest BCUT2D eigenvalue weighted by Crippen LogP contribution is 2.13. The number of hydrogen-bond acceptors (Lipinski definition) is 3. The third kappa shape index (κ3) is 7.36. The van der Waals surface area contributed by atoms with Crippen LogP contribution in [0.3, 0.4) is 0 Å². The summed E-state index contributed by atoms with van der Waals surface area (Å²) in [6, 6.07) is 15.8. The summed E-state index contributed by atoms with van der Waals surface area (Å²) in [6.07, 6.45) is 0.139. The summed E-state index contributed by atoms with van der Waals surface area (Å²) >= 11 is 0. The van der Waals surface area contributed by atoms with E-state index in [2.05, 4.69) is 20.9 Å². The Bertz CT molecular complexity index is 768. The summed E-state index contributed by atoms with van der Waals surface area (Å²) in [5, 5.41) is 18.7. The first-order chi connectivity index (χ1) is 13.6. The average Bonchev–Trinajstić information content (AvgIpc) is 2.70. The molecule has 150 valence electrons. The van der Waals surface area contributed by atoms with Gasteiger partial charge in [-0.25, -0.2) is 4.39 Å². The average molecular weight is 386 g/mol. The molecule has 0 aliphatic heterocycles. The van der Waals surface area contributed by atoms with Crippen LogP contribution in [0.15, 0.2) is 59.6 Å². The second-order valence-electron chi connectivity index (χ2n) is 6.33. The van der Waals surface area contributed by atoms with Gasteiger partial charge in [0.2, 0.25) is 5.91 Å². The maximum Gasteiger partial charge on any atom is 0.224 e. The first-order valence-electron chi connectivity index (χ1n) is 9.24. The van der Waals surface area contributed by atoms with Crippen molar-refractivity contribution in [1.29, 1.82) is 0 Å². The van der Waals surface area contributed by atoms with Crippen molar-refractivity contribution in [3.63, 3.8) is 0 Å². The largest absolute Gasteiger partial charge is 0.396 e. The minimum absolute atomic E-state index is 0.0319. The van der Waals surface area contributed by atoms with E-state index in [1.807, 2.05) is 30.3 Å². The molecule has 0 saturated carbocycles. The van der Waals surface area contributed by atoms with E-state index in [4.69, 9.17) is 0 Å². The van der Waals surface area contributed by atoms with Gasteiger partial charge in [-0.3, -0.25) is 9.79 Å². The van der Waals surface area contributed by atoms with Gasteiger partial charge in [0, 0.05) is 32.6 Å². The molecular weight excluding hydrogens is 359 g/mol. The second-order valence-corrected chi connectivity index (χ2v) is 6.33. The fraction of sp³-hybridized carbons (Fsp3) is 0.333. The molecule has 0 fully saturated rings. The van der Waals surface area contributed by atoms with Crippen molar-refractivity contribution < 1.29 is 14.3 Å². The van der Waals surface area contributed by atoms with Crippen LogP contribution < -0.4 is 16.0 Å². The number of nitrogens with one attached hydrogen (secondary N) is 3. The minimum atomic E-state index is -0.349. The molecular formula is C21H27FN4O2. The van der Waals surface area contributed by atoms with Crippen molar-refractivity contribution in [2.45, 2.75) is 12.3 Å². The van der Waals surface area contributed by atoms with Gasteiger partial charge in [-0.2, -0.15) is 0 Å². The third-order valence-corrected chi connectivity index (χ3v) is 4.22. The number of aliphatic hydroxyl groups is 1. The molecule has 2 aromatic carbocycles. The van der Waals surface area contributed by atoms with Gasteiger partial charge in [0.1, 0.15) is 5.82 Å². The van der Waals surface area contributed by atoms with Crippen molar-refractivity contribution in [3.05, 3.63) is 71.5 Å². The highest BCUT2D eigenvalue weighted by atomic mass is 19.1. The number of rotatable bonds is 9. The normalized spacial score (nSPS) is 12.3. The molecule has 6 nitrogen and oxygen atoms in total. The predicted molar refractivity (Wildman–Crippen MR) is 109 cm³/mol. The van der Waals surface area contributed by atoms with E-state index in [1.165, 1.54) is 12.1 Å².